The van der Waals surface area contributed by atoms with E-state index >= 15 is 0 Å². The van der Waals surface area contributed by atoms with Gasteiger partial charge in [0.2, 0.25) is 0 Å². The van der Waals surface area contributed by atoms with Gasteiger partial charge in [0.15, 0.2) is 11.6 Å². The maximum Gasteiger partial charge on any atom is 0.353 e. The van der Waals surface area contributed by atoms with Gasteiger partial charge in [0.05, 0.1) is 22.7 Å². The summed E-state index contributed by atoms with van der Waals surface area (Å²) in [6, 6.07) is 8.83. The molecule has 0 fully saturated rings. The largest absolute Gasteiger partial charge is 0.467 e. The average Bonchev–Trinajstić information content (AvgIpc) is 3.34. The number of ether oxygens (including phenoxy) is 2. The standard InChI is InChI=1S/C16H11Cl2N5O3S2/c1-22-16(24)23(14(20-22)25-2)9-5-3-4-6-10(9)26-15-19-13(21-28-15)8-7-11(17)27-12(8)18/h3-7H,1-2H3. The quantitative estimate of drug-likeness (QED) is 0.446. The molecule has 8 nitrogen and oxygen atoms in total. The van der Waals surface area contributed by atoms with Crippen LogP contribution in [0.2, 0.25) is 8.67 Å². The normalized spacial score (nSPS) is 11.0. The van der Waals surface area contributed by atoms with Crippen LogP contribution in [-0.2, 0) is 7.05 Å². The van der Waals surface area contributed by atoms with Crippen molar-refractivity contribution in [2.24, 2.45) is 7.05 Å². The Morgan fingerprint density at radius 2 is 2.00 bits per heavy atom. The molecule has 0 aliphatic carbocycles. The molecule has 4 aromatic rings. The van der Waals surface area contributed by atoms with Crippen LogP contribution in [0, 0.1) is 0 Å². The van der Waals surface area contributed by atoms with E-state index in [2.05, 4.69) is 14.5 Å². The highest BCUT2D eigenvalue weighted by molar-refractivity contribution is 7.20. The molecule has 1 aromatic carbocycles. The molecule has 0 aliphatic heterocycles. The lowest BCUT2D eigenvalue weighted by molar-refractivity contribution is 0.367. The van der Waals surface area contributed by atoms with Gasteiger partial charge in [-0.15, -0.1) is 16.4 Å². The fraction of sp³-hybridized carbons (Fsp3) is 0.125. The third-order valence-electron chi connectivity index (χ3n) is 3.69. The van der Waals surface area contributed by atoms with E-state index in [1.807, 2.05) is 0 Å². The molecular weight excluding hydrogens is 445 g/mol. The Labute approximate surface area is 176 Å². The van der Waals surface area contributed by atoms with E-state index in [1.54, 1.807) is 30.3 Å². The van der Waals surface area contributed by atoms with Crippen molar-refractivity contribution in [2.75, 3.05) is 7.11 Å². The van der Waals surface area contributed by atoms with Gasteiger partial charge in [0, 0.05) is 18.6 Å². The van der Waals surface area contributed by atoms with Gasteiger partial charge in [-0.05, 0) is 18.2 Å². The first-order valence-electron chi connectivity index (χ1n) is 7.74. The van der Waals surface area contributed by atoms with Crippen LogP contribution in [0.25, 0.3) is 17.1 Å². The lowest BCUT2D eigenvalue weighted by Crippen LogP contribution is -2.22. The molecule has 0 saturated heterocycles. The fourth-order valence-electron chi connectivity index (χ4n) is 2.46. The van der Waals surface area contributed by atoms with Crippen molar-refractivity contribution in [3.05, 3.63) is 49.5 Å². The van der Waals surface area contributed by atoms with E-state index in [0.29, 0.717) is 31.5 Å². The summed E-state index contributed by atoms with van der Waals surface area (Å²) < 4.78 is 18.9. The van der Waals surface area contributed by atoms with Crippen LogP contribution >= 0.6 is 46.1 Å². The summed E-state index contributed by atoms with van der Waals surface area (Å²) in [6.45, 7) is 0. The second-order valence-electron chi connectivity index (χ2n) is 5.42. The zero-order valence-electron chi connectivity index (χ0n) is 14.4. The number of para-hydroxylation sites is 2. The van der Waals surface area contributed by atoms with E-state index in [-0.39, 0.29) is 16.9 Å². The van der Waals surface area contributed by atoms with Gasteiger partial charge in [-0.3, -0.25) is 0 Å². The third kappa shape index (κ3) is 3.39. The number of aryl methyl sites for hydroxylation is 1. The van der Waals surface area contributed by atoms with Crippen molar-refractivity contribution in [3.63, 3.8) is 0 Å². The minimum absolute atomic E-state index is 0.140. The average molecular weight is 456 g/mol. The molecule has 12 heteroatoms. The predicted molar refractivity (Wildman–Crippen MR) is 109 cm³/mol. The summed E-state index contributed by atoms with van der Waals surface area (Å²) in [4.78, 5) is 16.8. The molecular formula is C16H11Cl2N5O3S2. The maximum absolute atomic E-state index is 12.5. The van der Waals surface area contributed by atoms with E-state index in [9.17, 15) is 4.79 Å². The first kappa shape index (κ1) is 18.9. The smallest absolute Gasteiger partial charge is 0.353 e. The van der Waals surface area contributed by atoms with Gasteiger partial charge in [-0.1, -0.05) is 35.3 Å². The SMILES string of the molecule is COc1nn(C)c(=O)n1-c1ccccc1Oc1nc(-c2cc(Cl)sc2Cl)ns1. The van der Waals surface area contributed by atoms with Crippen molar-refractivity contribution in [3.8, 4) is 34.0 Å². The van der Waals surface area contributed by atoms with Gasteiger partial charge >= 0.3 is 11.7 Å². The topological polar surface area (TPSA) is 84.1 Å². The van der Waals surface area contributed by atoms with Crippen LogP contribution < -0.4 is 15.2 Å². The van der Waals surface area contributed by atoms with E-state index < -0.39 is 0 Å². The molecule has 0 aliphatic rings. The van der Waals surface area contributed by atoms with Crippen LogP contribution in [0.1, 0.15) is 0 Å². The number of nitrogens with zero attached hydrogens (tertiary/aromatic N) is 5. The molecule has 3 aromatic heterocycles. The Balaban J connectivity index is 1.72. The van der Waals surface area contributed by atoms with Crippen molar-refractivity contribution in [2.45, 2.75) is 0 Å². The zero-order chi connectivity index (χ0) is 19.8. The first-order valence-corrected chi connectivity index (χ1v) is 10.1. The Kier molecular flexibility index (Phi) is 5.11. The Bertz CT molecular complexity index is 1210. The Morgan fingerprint density at radius 3 is 2.71 bits per heavy atom. The monoisotopic (exact) mass is 455 g/mol. The van der Waals surface area contributed by atoms with Crippen molar-refractivity contribution >= 4 is 46.1 Å². The second kappa shape index (κ2) is 7.55. The summed E-state index contributed by atoms with van der Waals surface area (Å²) in [5.74, 6) is 0.815. The Morgan fingerprint density at radius 1 is 1.21 bits per heavy atom. The third-order valence-corrected chi connectivity index (χ3v) is 5.77. The molecule has 3 heterocycles. The van der Waals surface area contributed by atoms with Crippen molar-refractivity contribution < 1.29 is 9.47 Å². The molecule has 0 amide bonds. The highest BCUT2D eigenvalue weighted by Crippen LogP contribution is 2.39. The van der Waals surface area contributed by atoms with E-state index in [4.69, 9.17) is 32.7 Å². The summed E-state index contributed by atoms with van der Waals surface area (Å²) in [7, 11) is 2.98. The number of aromatic nitrogens is 5. The number of halogens is 2. The number of benzene rings is 1. The number of hydrogen-bond donors (Lipinski definition) is 0. The summed E-state index contributed by atoms with van der Waals surface area (Å²) in [6.07, 6.45) is 0. The first-order chi connectivity index (χ1) is 13.5. The number of methoxy groups -OCH3 is 1. The summed E-state index contributed by atoms with van der Waals surface area (Å²) in [5, 5.41) is 4.34. The lowest BCUT2D eigenvalue weighted by Gasteiger charge is -2.09. The molecule has 0 radical (unpaired) electrons. The molecule has 28 heavy (non-hydrogen) atoms. The van der Waals surface area contributed by atoms with E-state index in [0.717, 1.165) is 11.5 Å². The molecule has 0 bridgehead atoms. The van der Waals surface area contributed by atoms with E-state index in [1.165, 1.54) is 34.7 Å². The molecule has 0 atom stereocenters. The van der Waals surface area contributed by atoms with Crippen molar-refractivity contribution in [1.82, 2.24) is 23.7 Å². The Hall–Kier alpha value is -2.40. The van der Waals surface area contributed by atoms with Crippen LogP contribution in [0.3, 0.4) is 0 Å². The second-order valence-corrected chi connectivity index (χ2v) is 8.42. The zero-order valence-corrected chi connectivity index (χ0v) is 17.6. The lowest BCUT2D eigenvalue weighted by atomic mass is 10.3. The molecule has 4 rings (SSSR count). The molecule has 0 unspecified atom stereocenters. The van der Waals surface area contributed by atoms with Gasteiger partial charge in [0.1, 0.15) is 4.34 Å². The summed E-state index contributed by atoms with van der Waals surface area (Å²) in [5.41, 5.74) is 0.734. The van der Waals surface area contributed by atoms with Gasteiger partial charge < -0.3 is 9.47 Å². The van der Waals surface area contributed by atoms with Crippen molar-refractivity contribution in [1.29, 1.82) is 0 Å². The number of rotatable bonds is 5. The van der Waals surface area contributed by atoms with Crippen LogP contribution in [0.15, 0.2) is 35.1 Å². The minimum atomic E-state index is -0.370. The number of thiophene rings is 1. The minimum Gasteiger partial charge on any atom is -0.467 e. The molecule has 0 N–H and O–H groups in total. The van der Waals surface area contributed by atoms with Crippen LogP contribution in [0.4, 0.5) is 0 Å². The highest BCUT2D eigenvalue weighted by atomic mass is 35.5. The van der Waals surface area contributed by atoms with Gasteiger partial charge in [-0.2, -0.15) is 9.36 Å². The molecule has 144 valence electrons. The van der Waals surface area contributed by atoms with Crippen LogP contribution in [-0.4, -0.2) is 30.8 Å². The molecule has 0 spiro atoms. The summed E-state index contributed by atoms with van der Waals surface area (Å²) >= 11 is 14.4. The predicted octanol–water partition coefficient (Wildman–Crippen LogP) is 4.26. The number of hydrogen-bond acceptors (Lipinski definition) is 8. The maximum atomic E-state index is 12.5. The fourth-order valence-corrected chi connectivity index (χ4v) is 4.47. The molecule has 0 saturated carbocycles. The van der Waals surface area contributed by atoms with Gasteiger partial charge in [-0.25, -0.2) is 14.0 Å². The van der Waals surface area contributed by atoms with Crippen LogP contribution in [0.5, 0.6) is 17.0 Å². The van der Waals surface area contributed by atoms with Gasteiger partial charge in [0.25, 0.3) is 5.19 Å². The highest BCUT2D eigenvalue weighted by Gasteiger charge is 2.19.